The topological polar surface area (TPSA) is 33.0 Å². The highest BCUT2D eigenvalue weighted by Gasteiger charge is 2.31. The van der Waals surface area contributed by atoms with Gasteiger partial charge in [-0.3, -0.25) is 0 Å². The molecule has 1 aliphatic heterocycles. The van der Waals surface area contributed by atoms with E-state index in [1.54, 1.807) is 0 Å². The quantitative estimate of drug-likeness (QED) is 0.781. The Morgan fingerprint density at radius 3 is 2.93 bits per heavy atom. The van der Waals surface area contributed by atoms with Crippen molar-refractivity contribution in [2.24, 2.45) is 0 Å². The third kappa shape index (κ3) is 2.00. The van der Waals surface area contributed by atoms with Crippen LogP contribution in [0, 0.1) is 11.3 Å². The molecular formula is C12H12BrNO. The average Bonchev–Trinajstić information content (AvgIpc) is 2.41. The molecule has 2 rings (SSSR count). The van der Waals surface area contributed by atoms with E-state index < -0.39 is 0 Å². The van der Waals surface area contributed by atoms with Crippen LogP contribution in [0.15, 0.2) is 16.6 Å². The Morgan fingerprint density at radius 1 is 1.53 bits per heavy atom. The molecule has 0 aliphatic carbocycles. The Bertz CT molecular complexity index is 446. The van der Waals surface area contributed by atoms with Crippen LogP contribution in [0.2, 0.25) is 0 Å². The lowest BCUT2D eigenvalue weighted by molar-refractivity contribution is 0.137. The van der Waals surface area contributed by atoms with Crippen molar-refractivity contribution in [2.45, 2.75) is 32.3 Å². The summed E-state index contributed by atoms with van der Waals surface area (Å²) in [5, 5.41) is 8.67. The zero-order valence-electron chi connectivity index (χ0n) is 8.80. The standard InChI is InChI=1S/C12H12BrNO/c1-12(2)7-9-5-8(3-4-14)6-10(13)11(9)15-12/h5-6H,3,7H2,1-2H3. The van der Waals surface area contributed by atoms with Gasteiger partial charge in [0.05, 0.1) is 17.0 Å². The molecule has 1 heterocycles. The number of hydrogen-bond acceptors (Lipinski definition) is 2. The van der Waals surface area contributed by atoms with Gasteiger partial charge in [0.15, 0.2) is 0 Å². The van der Waals surface area contributed by atoms with Crippen molar-refractivity contribution < 1.29 is 4.74 Å². The summed E-state index contributed by atoms with van der Waals surface area (Å²) in [4.78, 5) is 0. The lowest BCUT2D eigenvalue weighted by Crippen LogP contribution is -2.24. The van der Waals surface area contributed by atoms with Crippen LogP contribution in [0.25, 0.3) is 0 Å². The monoisotopic (exact) mass is 265 g/mol. The van der Waals surface area contributed by atoms with E-state index in [1.807, 2.05) is 6.07 Å². The van der Waals surface area contributed by atoms with Crippen molar-refractivity contribution in [3.8, 4) is 11.8 Å². The van der Waals surface area contributed by atoms with Crippen molar-refractivity contribution >= 4 is 15.9 Å². The number of hydrogen-bond donors (Lipinski definition) is 0. The van der Waals surface area contributed by atoms with E-state index in [0.29, 0.717) is 6.42 Å². The van der Waals surface area contributed by atoms with Crippen LogP contribution in [-0.4, -0.2) is 5.60 Å². The van der Waals surface area contributed by atoms with Crippen LogP contribution >= 0.6 is 15.9 Å². The summed E-state index contributed by atoms with van der Waals surface area (Å²) in [5.41, 5.74) is 2.11. The summed E-state index contributed by atoms with van der Waals surface area (Å²) in [6, 6.07) is 6.19. The summed E-state index contributed by atoms with van der Waals surface area (Å²) in [7, 11) is 0. The Hall–Kier alpha value is -1.01. The molecule has 0 radical (unpaired) electrons. The van der Waals surface area contributed by atoms with E-state index in [2.05, 4.69) is 41.9 Å². The Kier molecular flexibility index (Phi) is 2.47. The lowest BCUT2D eigenvalue weighted by Gasteiger charge is -2.17. The second-order valence-corrected chi connectivity index (χ2v) is 5.29. The fourth-order valence-electron chi connectivity index (χ4n) is 1.92. The molecule has 0 N–H and O–H groups in total. The number of nitriles is 1. The fraction of sp³-hybridized carbons (Fsp3) is 0.417. The highest BCUT2D eigenvalue weighted by molar-refractivity contribution is 9.10. The Morgan fingerprint density at radius 2 is 2.27 bits per heavy atom. The number of nitrogens with zero attached hydrogens (tertiary/aromatic N) is 1. The van der Waals surface area contributed by atoms with Crippen LogP contribution in [0.4, 0.5) is 0 Å². The smallest absolute Gasteiger partial charge is 0.137 e. The van der Waals surface area contributed by atoms with Gasteiger partial charge in [0.1, 0.15) is 11.4 Å². The van der Waals surface area contributed by atoms with Gasteiger partial charge in [-0.2, -0.15) is 5.26 Å². The molecule has 0 saturated carbocycles. The minimum absolute atomic E-state index is 0.129. The van der Waals surface area contributed by atoms with E-state index in [9.17, 15) is 0 Å². The molecule has 0 spiro atoms. The molecule has 15 heavy (non-hydrogen) atoms. The van der Waals surface area contributed by atoms with E-state index in [0.717, 1.165) is 22.2 Å². The van der Waals surface area contributed by atoms with Gasteiger partial charge in [0.25, 0.3) is 0 Å². The van der Waals surface area contributed by atoms with Crippen LogP contribution in [0.1, 0.15) is 25.0 Å². The van der Waals surface area contributed by atoms with Gasteiger partial charge in [-0.15, -0.1) is 0 Å². The van der Waals surface area contributed by atoms with Crippen molar-refractivity contribution in [2.75, 3.05) is 0 Å². The predicted molar refractivity (Wildman–Crippen MR) is 61.9 cm³/mol. The van der Waals surface area contributed by atoms with Crippen LogP contribution in [0.3, 0.4) is 0 Å². The van der Waals surface area contributed by atoms with Crippen molar-refractivity contribution in [1.29, 1.82) is 5.26 Å². The van der Waals surface area contributed by atoms with Gasteiger partial charge in [0.2, 0.25) is 0 Å². The molecule has 0 aromatic heterocycles. The van der Waals surface area contributed by atoms with Gasteiger partial charge >= 0.3 is 0 Å². The SMILES string of the molecule is CC1(C)Cc2cc(CC#N)cc(Br)c2O1. The summed E-state index contributed by atoms with van der Waals surface area (Å²) in [5.74, 6) is 0.932. The lowest BCUT2D eigenvalue weighted by atomic mass is 9.99. The maximum absolute atomic E-state index is 8.67. The minimum Gasteiger partial charge on any atom is -0.486 e. The third-order valence-electron chi connectivity index (χ3n) is 2.46. The molecule has 1 aromatic carbocycles. The first-order valence-electron chi connectivity index (χ1n) is 4.89. The Labute approximate surface area is 98.0 Å². The number of ether oxygens (including phenoxy) is 1. The van der Waals surface area contributed by atoms with Crippen molar-refractivity contribution in [1.82, 2.24) is 0 Å². The van der Waals surface area contributed by atoms with Gasteiger partial charge in [-0.25, -0.2) is 0 Å². The molecule has 1 aromatic rings. The van der Waals surface area contributed by atoms with Gasteiger partial charge in [-0.05, 0) is 47.0 Å². The van der Waals surface area contributed by atoms with Gasteiger partial charge in [-0.1, -0.05) is 6.07 Å². The fourth-order valence-corrected chi connectivity index (χ4v) is 2.55. The number of halogens is 1. The van der Waals surface area contributed by atoms with Gasteiger partial charge < -0.3 is 4.74 Å². The summed E-state index contributed by atoms with van der Waals surface area (Å²) in [6.45, 7) is 4.15. The molecule has 0 amide bonds. The van der Waals surface area contributed by atoms with E-state index in [-0.39, 0.29) is 5.60 Å². The highest BCUT2D eigenvalue weighted by atomic mass is 79.9. The summed E-state index contributed by atoms with van der Waals surface area (Å²) in [6.07, 6.45) is 1.35. The van der Waals surface area contributed by atoms with Gasteiger partial charge in [0, 0.05) is 6.42 Å². The maximum atomic E-state index is 8.67. The largest absolute Gasteiger partial charge is 0.486 e. The molecule has 78 valence electrons. The van der Waals surface area contributed by atoms with Crippen molar-refractivity contribution in [3.05, 3.63) is 27.7 Å². The van der Waals surface area contributed by atoms with E-state index >= 15 is 0 Å². The molecular weight excluding hydrogens is 254 g/mol. The second kappa shape index (κ2) is 3.53. The molecule has 0 atom stereocenters. The summed E-state index contributed by atoms with van der Waals surface area (Å²) < 4.78 is 6.78. The van der Waals surface area contributed by atoms with Crippen LogP contribution in [-0.2, 0) is 12.8 Å². The normalized spacial score (nSPS) is 16.7. The molecule has 0 saturated heterocycles. The first-order chi connectivity index (χ1) is 7.02. The van der Waals surface area contributed by atoms with E-state index in [4.69, 9.17) is 10.00 Å². The zero-order chi connectivity index (χ0) is 11.1. The number of rotatable bonds is 1. The predicted octanol–water partition coefficient (Wildman–Crippen LogP) is 3.23. The molecule has 0 unspecified atom stereocenters. The first kappa shape index (κ1) is 10.5. The third-order valence-corrected chi connectivity index (χ3v) is 3.05. The van der Waals surface area contributed by atoms with Crippen molar-refractivity contribution in [3.63, 3.8) is 0 Å². The molecule has 0 bridgehead atoms. The molecule has 0 fully saturated rings. The average molecular weight is 266 g/mol. The van der Waals surface area contributed by atoms with E-state index in [1.165, 1.54) is 5.56 Å². The number of benzene rings is 1. The highest BCUT2D eigenvalue weighted by Crippen LogP contribution is 2.41. The molecule has 3 heteroatoms. The van der Waals surface area contributed by atoms with Crippen LogP contribution in [0.5, 0.6) is 5.75 Å². The maximum Gasteiger partial charge on any atom is 0.137 e. The molecule has 2 nitrogen and oxygen atoms in total. The Balaban J connectivity index is 2.43. The summed E-state index contributed by atoms with van der Waals surface area (Å²) >= 11 is 3.49. The second-order valence-electron chi connectivity index (χ2n) is 4.44. The number of fused-ring (bicyclic) bond motifs is 1. The van der Waals surface area contributed by atoms with Crippen LogP contribution < -0.4 is 4.74 Å². The molecule has 1 aliphatic rings. The zero-order valence-corrected chi connectivity index (χ0v) is 10.4. The first-order valence-corrected chi connectivity index (χ1v) is 5.68. The minimum atomic E-state index is -0.129.